The lowest BCUT2D eigenvalue weighted by molar-refractivity contribution is -0.0203. The SMILES string of the molecule is Cc1nc([C@@H]2CN(c3nccc(N[C@@H]4CCCO[C@H]4C(C)C)n3)CCO2)n[nH]1. The lowest BCUT2D eigenvalue weighted by Gasteiger charge is -2.35. The fourth-order valence-electron chi connectivity index (χ4n) is 3.88. The minimum absolute atomic E-state index is 0.184. The van der Waals surface area contributed by atoms with Gasteiger partial charge >= 0.3 is 0 Å². The average molecular weight is 387 g/mol. The maximum Gasteiger partial charge on any atom is 0.227 e. The summed E-state index contributed by atoms with van der Waals surface area (Å²) in [6.07, 6.45) is 3.98. The van der Waals surface area contributed by atoms with Crippen molar-refractivity contribution in [3.05, 3.63) is 23.9 Å². The maximum atomic E-state index is 5.99. The van der Waals surface area contributed by atoms with Crippen LogP contribution in [-0.4, -0.2) is 63.6 Å². The van der Waals surface area contributed by atoms with Crippen LogP contribution in [0.2, 0.25) is 0 Å². The van der Waals surface area contributed by atoms with Gasteiger partial charge in [-0.05, 0) is 31.7 Å². The average Bonchev–Trinajstić information content (AvgIpc) is 3.15. The quantitative estimate of drug-likeness (QED) is 0.804. The Hall–Kier alpha value is -2.26. The molecular formula is C19H29N7O2. The normalized spacial score (nSPS) is 25.9. The van der Waals surface area contributed by atoms with E-state index in [1.54, 1.807) is 6.20 Å². The summed E-state index contributed by atoms with van der Waals surface area (Å²) in [5.41, 5.74) is 0. The second kappa shape index (κ2) is 8.40. The summed E-state index contributed by atoms with van der Waals surface area (Å²) >= 11 is 0. The van der Waals surface area contributed by atoms with Crippen LogP contribution in [0.4, 0.5) is 11.8 Å². The molecule has 152 valence electrons. The number of H-pyrrole nitrogens is 1. The van der Waals surface area contributed by atoms with Crippen LogP contribution < -0.4 is 10.2 Å². The van der Waals surface area contributed by atoms with Crippen molar-refractivity contribution in [2.24, 2.45) is 5.92 Å². The highest BCUT2D eigenvalue weighted by molar-refractivity contribution is 5.42. The summed E-state index contributed by atoms with van der Waals surface area (Å²) in [5, 5.41) is 10.7. The number of hydrogen-bond acceptors (Lipinski definition) is 8. The van der Waals surface area contributed by atoms with Crippen LogP contribution in [0.3, 0.4) is 0 Å². The Morgan fingerprint density at radius 3 is 2.93 bits per heavy atom. The summed E-state index contributed by atoms with van der Waals surface area (Å²) in [4.78, 5) is 15.8. The van der Waals surface area contributed by atoms with Gasteiger partial charge in [0.05, 0.1) is 25.3 Å². The molecule has 3 atom stereocenters. The van der Waals surface area contributed by atoms with Crippen molar-refractivity contribution >= 4 is 11.8 Å². The summed E-state index contributed by atoms with van der Waals surface area (Å²) in [6.45, 7) is 9.09. The second-order valence-electron chi connectivity index (χ2n) is 7.80. The van der Waals surface area contributed by atoms with Crippen LogP contribution in [0.25, 0.3) is 0 Å². The molecule has 0 saturated carbocycles. The molecule has 0 spiro atoms. The minimum Gasteiger partial charge on any atom is -0.376 e. The third-order valence-corrected chi connectivity index (χ3v) is 5.25. The summed E-state index contributed by atoms with van der Waals surface area (Å²) in [5.74, 6) is 3.46. The molecule has 2 saturated heterocycles. The highest BCUT2D eigenvalue weighted by Crippen LogP contribution is 2.25. The third-order valence-electron chi connectivity index (χ3n) is 5.25. The second-order valence-corrected chi connectivity index (χ2v) is 7.80. The van der Waals surface area contributed by atoms with Gasteiger partial charge in [0.25, 0.3) is 0 Å². The molecule has 2 aromatic heterocycles. The van der Waals surface area contributed by atoms with E-state index in [4.69, 9.17) is 14.5 Å². The summed E-state index contributed by atoms with van der Waals surface area (Å²) < 4.78 is 11.8. The molecule has 9 nitrogen and oxygen atoms in total. The zero-order valence-electron chi connectivity index (χ0n) is 16.8. The molecular weight excluding hydrogens is 358 g/mol. The molecule has 0 bridgehead atoms. The first kappa shape index (κ1) is 19.1. The highest BCUT2D eigenvalue weighted by atomic mass is 16.5. The zero-order chi connectivity index (χ0) is 19.5. The number of morpholine rings is 1. The molecule has 0 unspecified atom stereocenters. The molecule has 2 aliphatic heterocycles. The molecule has 2 N–H and O–H groups in total. The van der Waals surface area contributed by atoms with Gasteiger partial charge in [-0.1, -0.05) is 13.8 Å². The van der Waals surface area contributed by atoms with E-state index in [1.165, 1.54) is 0 Å². The maximum absolute atomic E-state index is 5.99. The van der Waals surface area contributed by atoms with Crippen molar-refractivity contribution < 1.29 is 9.47 Å². The van der Waals surface area contributed by atoms with Gasteiger partial charge in [-0.2, -0.15) is 10.1 Å². The van der Waals surface area contributed by atoms with Crippen molar-refractivity contribution in [2.45, 2.75) is 51.9 Å². The molecule has 0 radical (unpaired) electrons. The Morgan fingerprint density at radius 2 is 2.14 bits per heavy atom. The van der Waals surface area contributed by atoms with Gasteiger partial charge < -0.3 is 19.7 Å². The van der Waals surface area contributed by atoms with Crippen molar-refractivity contribution in [2.75, 3.05) is 36.5 Å². The van der Waals surface area contributed by atoms with E-state index in [2.05, 4.69) is 44.2 Å². The lowest BCUT2D eigenvalue weighted by atomic mass is 9.94. The molecule has 0 amide bonds. The van der Waals surface area contributed by atoms with Crippen molar-refractivity contribution in [3.8, 4) is 0 Å². The Balaban J connectivity index is 1.45. The summed E-state index contributed by atoms with van der Waals surface area (Å²) in [7, 11) is 0. The topological polar surface area (TPSA) is 101 Å². The Morgan fingerprint density at radius 1 is 1.25 bits per heavy atom. The van der Waals surface area contributed by atoms with Gasteiger partial charge in [-0.15, -0.1) is 0 Å². The van der Waals surface area contributed by atoms with Crippen LogP contribution in [0.5, 0.6) is 0 Å². The van der Waals surface area contributed by atoms with Gasteiger partial charge in [-0.3, -0.25) is 5.10 Å². The van der Waals surface area contributed by atoms with Crippen molar-refractivity contribution in [1.29, 1.82) is 0 Å². The number of anilines is 2. The number of aryl methyl sites for hydroxylation is 1. The lowest BCUT2D eigenvalue weighted by Crippen LogP contribution is -2.43. The van der Waals surface area contributed by atoms with E-state index in [-0.39, 0.29) is 18.2 Å². The van der Waals surface area contributed by atoms with Gasteiger partial charge in [0.15, 0.2) is 5.82 Å². The fraction of sp³-hybridized carbons (Fsp3) is 0.684. The van der Waals surface area contributed by atoms with E-state index in [9.17, 15) is 0 Å². The first-order valence-corrected chi connectivity index (χ1v) is 10.1. The monoisotopic (exact) mass is 387 g/mol. The van der Waals surface area contributed by atoms with Gasteiger partial charge in [0, 0.05) is 19.3 Å². The number of aromatic amines is 1. The first-order chi connectivity index (χ1) is 13.6. The molecule has 2 aliphatic rings. The Bertz CT molecular complexity index is 781. The molecule has 0 aliphatic carbocycles. The number of aromatic nitrogens is 5. The van der Waals surface area contributed by atoms with Crippen LogP contribution in [0.1, 0.15) is 44.4 Å². The molecule has 0 aromatic carbocycles. The van der Waals surface area contributed by atoms with E-state index in [1.807, 2.05) is 13.0 Å². The van der Waals surface area contributed by atoms with E-state index < -0.39 is 0 Å². The molecule has 2 fully saturated rings. The number of nitrogens with zero attached hydrogens (tertiary/aromatic N) is 5. The predicted molar refractivity (Wildman–Crippen MR) is 105 cm³/mol. The Labute approximate surface area is 165 Å². The van der Waals surface area contributed by atoms with Crippen molar-refractivity contribution in [3.63, 3.8) is 0 Å². The largest absolute Gasteiger partial charge is 0.376 e. The zero-order valence-corrected chi connectivity index (χ0v) is 16.8. The minimum atomic E-state index is -0.184. The predicted octanol–water partition coefficient (Wildman–Crippen LogP) is 2.10. The molecule has 4 rings (SSSR count). The summed E-state index contributed by atoms with van der Waals surface area (Å²) in [6, 6.07) is 2.19. The smallest absolute Gasteiger partial charge is 0.227 e. The molecule has 4 heterocycles. The third kappa shape index (κ3) is 4.25. The van der Waals surface area contributed by atoms with E-state index in [0.717, 1.165) is 37.6 Å². The van der Waals surface area contributed by atoms with Crippen LogP contribution in [0, 0.1) is 12.8 Å². The highest BCUT2D eigenvalue weighted by Gasteiger charge is 2.30. The molecule has 28 heavy (non-hydrogen) atoms. The number of nitrogens with one attached hydrogen (secondary N) is 2. The van der Waals surface area contributed by atoms with Crippen molar-refractivity contribution in [1.82, 2.24) is 25.1 Å². The van der Waals surface area contributed by atoms with Gasteiger partial charge in [-0.25, -0.2) is 9.97 Å². The van der Waals surface area contributed by atoms with Crippen LogP contribution in [-0.2, 0) is 9.47 Å². The molecule has 2 aromatic rings. The Kier molecular flexibility index (Phi) is 5.72. The van der Waals surface area contributed by atoms with E-state index >= 15 is 0 Å². The first-order valence-electron chi connectivity index (χ1n) is 10.1. The standard InChI is InChI=1S/C19H29N7O2/c1-12(2)17-14(5-4-9-28-17)22-16-6-7-20-19(23-16)26-8-10-27-15(11-26)18-21-13(3)24-25-18/h6-7,12,14-15,17H,4-5,8-11H2,1-3H3,(H,20,22,23)(H,21,24,25)/t14-,15+,17+/m1/s1. The van der Waals surface area contributed by atoms with Crippen LogP contribution in [0.15, 0.2) is 12.3 Å². The number of rotatable bonds is 5. The fourth-order valence-corrected chi connectivity index (χ4v) is 3.88. The van der Waals surface area contributed by atoms with E-state index in [0.29, 0.717) is 30.8 Å². The molecule has 9 heteroatoms. The van der Waals surface area contributed by atoms with Gasteiger partial charge in [0.2, 0.25) is 5.95 Å². The number of hydrogen-bond donors (Lipinski definition) is 2. The number of ether oxygens (including phenoxy) is 2. The van der Waals surface area contributed by atoms with Gasteiger partial charge in [0.1, 0.15) is 17.7 Å². The van der Waals surface area contributed by atoms with Crippen LogP contribution >= 0.6 is 0 Å².